The van der Waals surface area contributed by atoms with Gasteiger partial charge in [-0.3, -0.25) is 9.59 Å². The van der Waals surface area contributed by atoms with Crippen molar-refractivity contribution in [1.82, 2.24) is 4.90 Å². The number of carboxylic acid groups (broad SMARTS) is 1. The van der Waals surface area contributed by atoms with Gasteiger partial charge in [-0.1, -0.05) is 18.2 Å². The van der Waals surface area contributed by atoms with Gasteiger partial charge < -0.3 is 10.0 Å². The molecule has 0 aliphatic heterocycles. The Morgan fingerprint density at radius 3 is 2.45 bits per heavy atom. The second-order valence-electron chi connectivity index (χ2n) is 4.77. The highest BCUT2D eigenvalue weighted by atomic mass is 32.2. The molecule has 0 heterocycles. The first-order valence-electron chi connectivity index (χ1n) is 6.70. The molecule has 1 N–H and O–H groups in total. The molecule has 0 aromatic heterocycles. The van der Waals surface area contributed by atoms with Crippen molar-refractivity contribution in [2.45, 2.75) is 37.6 Å². The lowest BCUT2D eigenvalue weighted by Crippen LogP contribution is -2.40. The number of benzene rings is 1. The molecule has 0 atom stereocenters. The summed E-state index contributed by atoms with van der Waals surface area (Å²) in [6, 6.07) is 9.94. The van der Waals surface area contributed by atoms with E-state index in [1.54, 1.807) is 11.8 Å². The molecule has 0 spiro atoms. The van der Waals surface area contributed by atoms with Gasteiger partial charge in [-0.2, -0.15) is 0 Å². The third kappa shape index (κ3) is 6.10. The molecule has 0 bridgehead atoms. The number of hydrogen-bond acceptors (Lipinski definition) is 3. The van der Waals surface area contributed by atoms with Gasteiger partial charge in [0.15, 0.2) is 0 Å². The second-order valence-corrected chi connectivity index (χ2v) is 5.94. The van der Waals surface area contributed by atoms with Crippen LogP contribution >= 0.6 is 11.8 Å². The fourth-order valence-electron chi connectivity index (χ4n) is 1.78. The van der Waals surface area contributed by atoms with Crippen LogP contribution in [0.3, 0.4) is 0 Å². The van der Waals surface area contributed by atoms with Crippen LogP contribution in [0.1, 0.15) is 26.7 Å². The highest BCUT2D eigenvalue weighted by Gasteiger charge is 2.18. The number of carbonyl (C=O) groups is 2. The molecule has 5 heteroatoms. The number of thioether (sulfide) groups is 1. The monoisotopic (exact) mass is 295 g/mol. The van der Waals surface area contributed by atoms with E-state index in [1.165, 1.54) is 9.80 Å². The van der Waals surface area contributed by atoms with E-state index in [-0.39, 0.29) is 18.5 Å². The van der Waals surface area contributed by atoms with E-state index in [4.69, 9.17) is 5.11 Å². The van der Waals surface area contributed by atoms with Gasteiger partial charge >= 0.3 is 5.97 Å². The second kappa shape index (κ2) is 8.64. The van der Waals surface area contributed by atoms with Gasteiger partial charge in [0.2, 0.25) is 5.91 Å². The zero-order valence-corrected chi connectivity index (χ0v) is 12.7. The number of carbonyl (C=O) groups excluding carboxylic acids is 1. The lowest BCUT2D eigenvalue weighted by molar-refractivity contribution is -0.145. The largest absolute Gasteiger partial charge is 0.480 e. The van der Waals surface area contributed by atoms with Crippen LogP contribution < -0.4 is 0 Å². The molecule has 0 fully saturated rings. The first kappa shape index (κ1) is 16.6. The average molecular weight is 295 g/mol. The fourth-order valence-corrected chi connectivity index (χ4v) is 2.65. The van der Waals surface area contributed by atoms with E-state index in [2.05, 4.69) is 0 Å². The van der Waals surface area contributed by atoms with E-state index in [0.29, 0.717) is 6.42 Å². The summed E-state index contributed by atoms with van der Waals surface area (Å²) in [4.78, 5) is 25.3. The molecule has 0 aliphatic carbocycles. The van der Waals surface area contributed by atoms with Crippen LogP contribution in [0, 0.1) is 0 Å². The number of amides is 1. The first-order chi connectivity index (χ1) is 9.50. The van der Waals surface area contributed by atoms with E-state index in [0.717, 1.165) is 12.2 Å². The predicted octanol–water partition coefficient (Wildman–Crippen LogP) is 2.88. The summed E-state index contributed by atoms with van der Waals surface area (Å²) in [7, 11) is 0. The Labute approximate surface area is 124 Å². The third-order valence-electron chi connectivity index (χ3n) is 2.80. The fraction of sp³-hybridized carbons (Fsp3) is 0.467. The molecular formula is C15H21NO3S. The van der Waals surface area contributed by atoms with Gasteiger partial charge in [-0.15, -0.1) is 11.8 Å². The zero-order valence-electron chi connectivity index (χ0n) is 11.9. The van der Waals surface area contributed by atoms with Crippen molar-refractivity contribution in [3.63, 3.8) is 0 Å². The Hall–Kier alpha value is -1.49. The van der Waals surface area contributed by atoms with Crippen LogP contribution in [-0.4, -0.2) is 40.2 Å². The summed E-state index contributed by atoms with van der Waals surface area (Å²) < 4.78 is 0. The number of nitrogens with zero attached hydrogens (tertiary/aromatic N) is 1. The van der Waals surface area contributed by atoms with Gasteiger partial charge in [0, 0.05) is 17.4 Å². The Morgan fingerprint density at radius 1 is 1.25 bits per heavy atom. The molecule has 4 nitrogen and oxygen atoms in total. The molecule has 1 aromatic rings. The Balaban J connectivity index is 2.32. The summed E-state index contributed by atoms with van der Waals surface area (Å²) in [5.41, 5.74) is 0. The molecule has 0 aliphatic rings. The van der Waals surface area contributed by atoms with E-state index in [1.807, 2.05) is 44.2 Å². The maximum Gasteiger partial charge on any atom is 0.323 e. The van der Waals surface area contributed by atoms with Crippen LogP contribution in [0.15, 0.2) is 35.2 Å². The van der Waals surface area contributed by atoms with Crippen LogP contribution in [0.25, 0.3) is 0 Å². The van der Waals surface area contributed by atoms with Gasteiger partial charge in [-0.05, 0) is 38.2 Å². The van der Waals surface area contributed by atoms with Crippen LogP contribution in [-0.2, 0) is 9.59 Å². The van der Waals surface area contributed by atoms with Gasteiger partial charge in [-0.25, -0.2) is 0 Å². The standard InChI is InChI=1S/C15H21NO3S/c1-12(2)16(11-15(18)19)14(17)9-6-10-20-13-7-4-3-5-8-13/h3-5,7-8,12H,6,9-11H2,1-2H3,(H,18,19). The maximum absolute atomic E-state index is 12.0. The van der Waals surface area contributed by atoms with Gasteiger partial charge in [0.1, 0.15) is 6.54 Å². The molecular weight excluding hydrogens is 274 g/mol. The Morgan fingerprint density at radius 2 is 1.90 bits per heavy atom. The summed E-state index contributed by atoms with van der Waals surface area (Å²) in [6.07, 6.45) is 1.15. The lowest BCUT2D eigenvalue weighted by atomic mass is 10.2. The highest BCUT2D eigenvalue weighted by molar-refractivity contribution is 7.99. The van der Waals surface area contributed by atoms with E-state index in [9.17, 15) is 9.59 Å². The minimum Gasteiger partial charge on any atom is -0.480 e. The summed E-state index contributed by atoms with van der Waals surface area (Å²) in [5.74, 6) is -0.198. The van der Waals surface area contributed by atoms with E-state index >= 15 is 0 Å². The predicted molar refractivity (Wildman–Crippen MR) is 80.9 cm³/mol. The van der Waals surface area contributed by atoms with Crippen molar-refractivity contribution in [1.29, 1.82) is 0 Å². The van der Waals surface area contributed by atoms with Crippen molar-refractivity contribution in [2.75, 3.05) is 12.3 Å². The molecule has 1 rings (SSSR count). The van der Waals surface area contributed by atoms with Crippen molar-refractivity contribution in [2.24, 2.45) is 0 Å². The van der Waals surface area contributed by atoms with Crippen molar-refractivity contribution < 1.29 is 14.7 Å². The minimum absolute atomic E-state index is 0.0830. The van der Waals surface area contributed by atoms with Crippen molar-refractivity contribution in [3.8, 4) is 0 Å². The topological polar surface area (TPSA) is 57.6 Å². The van der Waals surface area contributed by atoms with Crippen LogP contribution in [0.5, 0.6) is 0 Å². The summed E-state index contributed by atoms with van der Waals surface area (Å²) in [5, 5.41) is 8.80. The quantitative estimate of drug-likeness (QED) is 0.592. The molecule has 0 unspecified atom stereocenters. The Bertz CT molecular complexity index is 434. The third-order valence-corrected chi connectivity index (χ3v) is 3.89. The van der Waals surface area contributed by atoms with Crippen molar-refractivity contribution >= 4 is 23.6 Å². The van der Waals surface area contributed by atoms with Crippen LogP contribution in [0.2, 0.25) is 0 Å². The number of carboxylic acids is 1. The maximum atomic E-state index is 12.0. The molecule has 1 amide bonds. The van der Waals surface area contributed by atoms with Crippen LogP contribution in [0.4, 0.5) is 0 Å². The van der Waals surface area contributed by atoms with Gasteiger partial charge in [0.05, 0.1) is 0 Å². The molecule has 20 heavy (non-hydrogen) atoms. The Kier molecular flexibility index (Phi) is 7.15. The first-order valence-corrected chi connectivity index (χ1v) is 7.68. The lowest BCUT2D eigenvalue weighted by Gasteiger charge is -2.24. The summed E-state index contributed by atoms with van der Waals surface area (Å²) >= 11 is 1.71. The zero-order chi connectivity index (χ0) is 15.0. The summed E-state index contributed by atoms with van der Waals surface area (Å²) in [6.45, 7) is 3.45. The number of rotatable bonds is 8. The molecule has 110 valence electrons. The molecule has 1 aromatic carbocycles. The minimum atomic E-state index is -0.967. The number of hydrogen-bond donors (Lipinski definition) is 1. The number of aliphatic carboxylic acids is 1. The smallest absolute Gasteiger partial charge is 0.323 e. The van der Waals surface area contributed by atoms with Gasteiger partial charge in [0.25, 0.3) is 0 Å². The molecule has 0 saturated heterocycles. The molecule has 0 radical (unpaired) electrons. The normalized spacial score (nSPS) is 10.6. The highest BCUT2D eigenvalue weighted by Crippen LogP contribution is 2.18. The van der Waals surface area contributed by atoms with E-state index < -0.39 is 5.97 Å². The SMILES string of the molecule is CC(C)N(CC(=O)O)C(=O)CCCSc1ccccc1. The average Bonchev–Trinajstić information content (AvgIpc) is 2.41. The molecule has 0 saturated carbocycles. The van der Waals surface area contributed by atoms with Crippen molar-refractivity contribution in [3.05, 3.63) is 30.3 Å².